The summed E-state index contributed by atoms with van der Waals surface area (Å²) in [6.07, 6.45) is 1.54. The van der Waals surface area contributed by atoms with Gasteiger partial charge in [0, 0.05) is 16.7 Å². The van der Waals surface area contributed by atoms with Crippen LogP contribution >= 0.6 is 11.8 Å². The van der Waals surface area contributed by atoms with E-state index in [-0.39, 0.29) is 35.9 Å². The molecule has 3 heterocycles. The zero-order chi connectivity index (χ0) is 29.1. The topological polar surface area (TPSA) is 89.6 Å². The fraction of sp³-hybridized carbons (Fsp3) is 0.156. The van der Waals surface area contributed by atoms with Gasteiger partial charge < -0.3 is 14.5 Å². The number of fused-ring (bicyclic) bond motifs is 1. The monoisotopic (exact) mass is 582 g/mol. The summed E-state index contributed by atoms with van der Waals surface area (Å²) < 4.78 is 26.7. The first-order valence-electron chi connectivity index (χ1n) is 13.3. The van der Waals surface area contributed by atoms with E-state index in [0.717, 1.165) is 16.7 Å². The van der Waals surface area contributed by atoms with E-state index in [0.29, 0.717) is 28.7 Å². The summed E-state index contributed by atoms with van der Waals surface area (Å²) in [4.78, 5) is 28.5. The van der Waals surface area contributed by atoms with Gasteiger partial charge in [-0.05, 0) is 42.5 Å². The maximum Gasteiger partial charge on any atom is 0.240 e. The highest BCUT2D eigenvalue weighted by molar-refractivity contribution is 8.00. The number of nitrogens with one attached hydrogen (secondary N) is 1. The van der Waals surface area contributed by atoms with E-state index in [1.54, 1.807) is 36.1 Å². The summed E-state index contributed by atoms with van der Waals surface area (Å²) >= 11 is 1.45. The van der Waals surface area contributed by atoms with Gasteiger partial charge >= 0.3 is 0 Å². The highest BCUT2D eigenvalue weighted by atomic mass is 32.2. The van der Waals surface area contributed by atoms with Crippen LogP contribution in [0, 0.1) is 5.82 Å². The molecule has 2 amide bonds. The first-order chi connectivity index (χ1) is 20.5. The van der Waals surface area contributed by atoms with E-state index in [2.05, 4.69) is 5.32 Å². The van der Waals surface area contributed by atoms with Crippen LogP contribution < -0.4 is 15.0 Å². The van der Waals surface area contributed by atoms with Gasteiger partial charge in [-0.3, -0.25) is 14.5 Å². The van der Waals surface area contributed by atoms with Crippen LogP contribution in [0.3, 0.4) is 0 Å². The molecule has 0 bridgehead atoms. The Hall–Kier alpha value is -4.83. The van der Waals surface area contributed by atoms with Crippen molar-refractivity contribution in [3.63, 3.8) is 0 Å². The van der Waals surface area contributed by atoms with E-state index in [9.17, 15) is 14.0 Å². The van der Waals surface area contributed by atoms with E-state index in [1.165, 1.54) is 35.1 Å². The number of benzene rings is 3. The fourth-order valence-corrected chi connectivity index (χ4v) is 6.24. The van der Waals surface area contributed by atoms with Crippen LogP contribution in [0.15, 0.2) is 102 Å². The Morgan fingerprint density at radius 3 is 2.55 bits per heavy atom. The lowest BCUT2D eigenvalue weighted by Gasteiger charge is -2.23. The van der Waals surface area contributed by atoms with Crippen molar-refractivity contribution in [2.45, 2.75) is 11.8 Å². The molecule has 1 N–H and O–H groups in total. The lowest BCUT2D eigenvalue weighted by atomic mass is 9.99. The summed E-state index contributed by atoms with van der Waals surface area (Å²) in [5.74, 6) is 0.814. The molecule has 42 heavy (non-hydrogen) atoms. The van der Waals surface area contributed by atoms with Crippen LogP contribution in [0.1, 0.15) is 22.1 Å². The second-order valence-electron chi connectivity index (χ2n) is 9.61. The van der Waals surface area contributed by atoms with Gasteiger partial charge in [0.2, 0.25) is 11.8 Å². The van der Waals surface area contributed by atoms with Crippen molar-refractivity contribution in [3.8, 4) is 22.7 Å². The zero-order valence-corrected chi connectivity index (χ0v) is 23.5. The second kappa shape index (κ2) is 12.0. The van der Waals surface area contributed by atoms with Crippen molar-refractivity contribution in [2.75, 3.05) is 24.3 Å². The third-order valence-electron chi connectivity index (χ3n) is 6.97. The number of hydrogen-bond donors (Lipinski definition) is 1. The molecule has 8 nitrogen and oxygen atoms in total. The van der Waals surface area contributed by atoms with E-state index in [4.69, 9.17) is 14.3 Å². The van der Waals surface area contributed by atoms with Gasteiger partial charge in [-0.25, -0.2) is 9.07 Å². The van der Waals surface area contributed by atoms with Crippen molar-refractivity contribution in [3.05, 3.63) is 120 Å². The predicted molar refractivity (Wildman–Crippen MR) is 159 cm³/mol. The number of nitrogens with zero attached hydrogens (tertiary/aromatic N) is 3. The maximum absolute atomic E-state index is 14.0. The fourth-order valence-electron chi connectivity index (χ4n) is 5.02. The van der Waals surface area contributed by atoms with Gasteiger partial charge in [0.05, 0.1) is 42.3 Å². The first-order valence-corrected chi connectivity index (χ1v) is 14.4. The number of aromatic nitrogens is 2. The minimum Gasteiger partial charge on any atom is -0.496 e. The minimum atomic E-state index is -0.395. The molecule has 2 aromatic heterocycles. The predicted octanol–water partition coefficient (Wildman–Crippen LogP) is 5.77. The largest absolute Gasteiger partial charge is 0.496 e. The van der Waals surface area contributed by atoms with Crippen LogP contribution in [0.4, 0.5) is 10.2 Å². The summed E-state index contributed by atoms with van der Waals surface area (Å²) in [6.45, 7) is -0.0569. The minimum absolute atomic E-state index is 0.112. The Kier molecular flexibility index (Phi) is 7.78. The van der Waals surface area contributed by atoms with Crippen LogP contribution in [0.2, 0.25) is 0 Å². The number of para-hydroxylation sites is 1. The summed E-state index contributed by atoms with van der Waals surface area (Å²) in [6, 6.07) is 26.8. The maximum atomic E-state index is 14.0. The number of furan rings is 1. The highest BCUT2D eigenvalue weighted by Gasteiger charge is 2.38. The number of amides is 2. The van der Waals surface area contributed by atoms with Crippen molar-refractivity contribution in [1.29, 1.82) is 0 Å². The molecule has 1 aliphatic rings. The van der Waals surface area contributed by atoms with Crippen molar-refractivity contribution in [1.82, 2.24) is 15.1 Å². The molecular formula is C32H27FN4O4S. The van der Waals surface area contributed by atoms with Gasteiger partial charge in [-0.2, -0.15) is 5.10 Å². The Morgan fingerprint density at radius 1 is 1.05 bits per heavy atom. The first kappa shape index (κ1) is 27.3. The number of anilines is 1. The molecule has 3 aromatic carbocycles. The molecule has 0 spiro atoms. The molecule has 212 valence electrons. The quantitative estimate of drug-likeness (QED) is 0.250. The second-order valence-corrected chi connectivity index (χ2v) is 10.7. The Labute approximate surface area is 246 Å². The van der Waals surface area contributed by atoms with Crippen molar-refractivity contribution >= 4 is 29.4 Å². The molecule has 5 aromatic rings. The Morgan fingerprint density at radius 2 is 1.81 bits per heavy atom. The lowest BCUT2D eigenvalue weighted by Crippen LogP contribution is -2.42. The molecule has 0 unspecified atom stereocenters. The molecule has 0 saturated heterocycles. The molecule has 0 aliphatic carbocycles. The molecule has 1 atom stereocenters. The average molecular weight is 583 g/mol. The molecule has 1 aliphatic heterocycles. The summed E-state index contributed by atoms with van der Waals surface area (Å²) in [7, 11) is 1.61. The lowest BCUT2D eigenvalue weighted by molar-refractivity contribution is -0.123. The average Bonchev–Trinajstić information content (AvgIpc) is 3.66. The van der Waals surface area contributed by atoms with E-state index < -0.39 is 5.82 Å². The van der Waals surface area contributed by atoms with Crippen LogP contribution in [0.5, 0.6) is 5.75 Å². The van der Waals surface area contributed by atoms with E-state index >= 15 is 0 Å². The third-order valence-corrected chi connectivity index (χ3v) is 8.21. The summed E-state index contributed by atoms with van der Waals surface area (Å²) in [5, 5.41) is 7.49. The number of thioether (sulfide) groups is 1. The Balaban J connectivity index is 1.55. The van der Waals surface area contributed by atoms with Gasteiger partial charge in [0.15, 0.2) is 0 Å². The SMILES string of the molecule is COc1ccccc1[C@@H]1SCC(=O)N(CC(=O)NCc2ccco2)c2c1c(-c1ccccc1)nn2-c1ccc(F)cc1. The standard InChI is InChI=1S/C32H27FN4O4S/c1-40-26-12-6-5-11-25(26)31-29-30(21-8-3-2-4-9-21)35-37(23-15-13-22(33)14-16-23)32(29)36(28(39)20-42-31)19-27(38)34-18-24-10-7-17-41-24/h2-17,31H,18-20H2,1H3,(H,34,38)/t31-/m0/s1. The normalized spacial score (nSPS) is 14.8. The summed E-state index contributed by atoms with van der Waals surface area (Å²) in [5.41, 5.74) is 3.67. The number of halogens is 1. The number of hydrogen-bond acceptors (Lipinski definition) is 6. The number of methoxy groups -OCH3 is 1. The van der Waals surface area contributed by atoms with E-state index in [1.807, 2.05) is 54.6 Å². The van der Waals surface area contributed by atoms with Crippen molar-refractivity contribution in [2.24, 2.45) is 0 Å². The van der Waals surface area contributed by atoms with Crippen LogP contribution in [-0.4, -0.2) is 41.0 Å². The highest BCUT2D eigenvalue weighted by Crippen LogP contribution is 2.50. The smallest absolute Gasteiger partial charge is 0.240 e. The van der Waals surface area contributed by atoms with Crippen LogP contribution in [0.25, 0.3) is 16.9 Å². The zero-order valence-electron chi connectivity index (χ0n) is 22.7. The molecule has 10 heteroatoms. The number of rotatable bonds is 8. The molecule has 0 saturated carbocycles. The molecule has 0 radical (unpaired) electrons. The number of ether oxygens (including phenoxy) is 1. The van der Waals surface area contributed by atoms with Gasteiger partial charge in [-0.15, -0.1) is 11.8 Å². The van der Waals surface area contributed by atoms with Gasteiger partial charge in [0.1, 0.15) is 29.7 Å². The van der Waals surface area contributed by atoms with Gasteiger partial charge in [0.25, 0.3) is 0 Å². The third kappa shape index (κ3) is 5.40. The molecule has 0 fully saturated rings. The Bertz CT molecular complexity index is 1700. The number of carbonyl (C=O) groups is 2. The molecule has 6 rings (SSSR count). The van der Waals surface area contributed by atoms with Gasteiger partial charge in [-0.1, -0.05) is 48.5 Å². The number of carbonyl (C=O) groups excluding carboxylic acids is 2. The molecular weight excluding hydrogens is 555 g/mol. The van der Waals surface area contributed by atoms with Crippen molar-refractivity contribution < 1.29 is 23.1 Å². The van der Waals surface area contributed by atoms with Crippen LogP contribution in [-0.2, 0) is 16.1 Å².